The summed E-state index contributed by atoms with van der Waals surface area (Å²) in [4.78, 5) is 12.6. The number of halogens is 2. The number of hydrogen-bond acceptors (Lipinski definition) is 7. The SMILES string of the molecule is CS[C@](C)(CCc1ccc2cc(Br)c(N)nc2c1)[C@@H](O)[C@@H](O)n1ccc2c(Cl)ncnc21. The van der Waals surface area contributed by atoms with Gasteiger partial charge in [0.05, 0.1) is 15.4 Å². The van der Waals surface area contributed by atoms with E-state index < -0.39 is 17.1 Å². The molecular weight excluding hydrogens is 514 g/mol. The predicted octanol–water partition coefficient (Wildman–Crippen LogP) is 4.58. The van der Waals surface area contributed by atoms with Crippen LogP contribution in [-0.4, -0.2) is 46.8 Å². The summed E-state index contributed by atoms with van der Waals surface area (Å²) in [6, 6.07) is 9.76. The van der Waals surface area contributed by atoms with Crippen molar-refractivity contribution in [2.45, 2.75) is 36.8 Å². The van der Waals surface area contributed by atoms with Gasteiger partial charge in [-0.25, -0.2) is 15.0 Å². The smallest absolute Gasteiger partial charge is 0.159 e. The second-order valence-electron chi connectivity index (χ2n) is 7.88. The van der Waals surface area contributed by atoms with Crippen LogP contribution in [0.15, 0.2) is 47.3 Å². The molecule has 4 N–H and O–H groups in total. The lowest BCUT2D eigenvalue weighted by Crippen LogP contribution is -2.42. The number of hydrogen-bond donors (Lipinski definition) is 3. The molecule has 1 aromatic carbocycles. The third kappa shape index (κ3) is 4.32. The van der Waals surface area contributed by atoms with Crippen molar-refractivity contribution in [3.8, 4) is 0 Å². The van der Waals surface area contributed by atoms with E-state index in [0.29, 0.717) is 34.8 Å². The Hall–Kier alpha value is -1.91. The highest BCUT2D eigenvalue weighted by Crippen LogP contribution is 2.37. The third-order valence-corrected chi connectivity index (χ3v) is 8.21. The summed E-state index contributed by atoms with van der Waals surface area (Å²) in [6.07, 6.45) is 4.04. The predicted molar refractivity (Wildman–Crippen MR) is 134 cm³/mol. The van der Waals surface area contributed by atoms with Gasteiger partial charge in [-0.15, -0.1) is 0 Å². The average Bonchev–Trinajstić information content (AvgIpc) is 3.23. The fraction of sp³-hybridized carbons (Fsp3) is 0.318. The Morgan fingerprint density at radius 1 is 1.25 bits per heavy atom. The molecule has 0 unspecified atom stereocenters. The second-order valence-corrected chi connectivity index (χ2v) is 10.4. The van der Waals surface area contributed by atoms with Crippen molar-refractivity contribution >= 4 is 67.0 Å². The zero-order valence-corrected chi connectivity index (χ0v) is 20.7. The van der Waals surface area contributed by atoms with Crippen molar-refractivity contribution in [2.75, 3.05) is 12.0 Å². The number of aromatic nitrogens is 4. The number of nitrogens with two attached hydrogens (primary N) is 1. The first-order valence-electron chi connectivity index (χ1n) is 9.96. The first-order chi connectivity index (χ1) is 15.2. The zero-order chi connectivity index (χ0) is 23.0. The molecule has 0 aliphatic carbocycles. The molecule has 0 fully saturated rings. The number of rotatable bonds is 7. The van der Waals surface area contributed by atoms with Crippen molar-refractivity contribution in [1.82, 2.24) is 19.5 Å². The second kappa shape index (κ2) is 9.15. The van der Waals surface area contributed by atoms with Crippen LogP contribution in [0.4, 0.5) is 5.82 Å². The molecule has 4 rings (SSSR count). The van der Waals surface area contributed by atoms with Gasteiger partial charge in [-0.2, -0.15) is 11.8 Å². The molecule has 0 amide bonds. The normalized spacial score (nSPS) is 15.7. The van der Waals surface area contributed by atoms with Crippen molar-refractivity contribution in [2.24, 2.45) is 0 Å². The highest BCUT2D eigenvalue weighted by Gasteiger charge is 2.38. The number of anilines is 1. The van der Waals surface area contributed by atoms with E-state index in [0.717, 1.165) is 20.9 Å². The molecule has 3 atom stereocenters. The monoisotopic (exact) mass is 535 g/mol. The lowest BCUT2D eigenvalue weighted by Gasteiger charge is -2.36. The molecule has 7 nitrogen and oxygen atoms in total. The maximum atomic E-state index is 11.2. The maximum Gasteiger partial charge on any atom is 0.159 e. The Bertz CT molecular complexity index is 1290. The van der Waals surface area contributed by atoms with Crippen LogP contribution in [0.25, 0.3) is 21.9 Å². The third-order valence-electron chi connectivity index (χ3n) is 5.89. The molecular formula is C22H23BrClN5O2S. The summed E-state index contributed by atoms with van der Waals surface area (Å²) in [5, 5.41) is 24.1. The van der Waals surface area contributed by atoms with Crippen molar-refractivity contribution in [1.29, 1.82) is 0 Å². The number of benzene rings is 1. The number of thioether (sulfide) groups is 1. The van der Waals surface area contributed by atoms with Crippen LogP contribution in [0, 0.1) is 0 Å². The van der Waals surface area contributed by atoms with E-state index in [1.807, 2.05) is 31.4 Å². The number of pyridine rings is 1. The van der Waals surface area contributed by atoms with E-state index in [9.17, 15) is 10.2 Å². The van der Waals surface area contributed by atoms with E-state index >= 15 is 0 Å². The van der Waals surface area contributed by atoms with Gasteiger partial charge in [-0.1, -0.05) is 23.7 Å². The number of fused-ring (bicyclic) bond motifs is 2. The number of nitrogen functional groups attached to an aromatic ring is 1. The topological polar surface area (TPSA) is 110 Å². The van der Waals surface area contributed by atoms with Gasteiger partial charge in [0, 0.05) is 16.3 Å². The summed E-state index contributed by atoms with van der Waals surface area (Å²) in [6.45, 7) is 1.95. The molecule has 0 radical (unpaired) electrons. The Labute approximate surface area is 203 Å². The highest BCUT2D eigenvalue weighted by molar-refractivity contribution is 9.10. The molecule has 0 saturated heterocycles. The van der Waals surface area contributed by atoms with Gasteiger partial charge in [0.1, 0.15) is 29.0 Å². The van der Waals surface area contributed by atoms with Crippen LogP contribution in [0.3, 0.4) is 0 Å². The minimum absolute atomic E-state index is 0.306. The first-order valence-corrected chi connectivity index (χ1v) is 12.4. The standard InChI is InChI=1S/C22H23BrClN5O2S/c1-22(32-2,7-5-12-3-4-13-10-15(23)19(25)28-16(13)9-12)17(30)21(31)29-8-6-14-18(24)26-11-27-20(14)29/h3-4,6,8-11,17,21,30-31H,5,7H2,1-2H3,(H2,25,28)/t17-,21+,22+/m0/s1. The quantitative estimate of drug-likeness (QED) is 0.296. The van der Waals surface area contributed by atoms with Gasteiger partial charge in [-0.3, -0.25) is 0 Å². The first kappa shape index (κ1) is 23.3. The molecule has 4 aromatic rings. The van der Waals surface area contributed by atoms with E-state index in [2.05, 4.69) is 36.9 Å². The minimum Gasteiger partial charge on any atom is -0.387 e. The number of aryl methyl sites for hydroxylation is 1. The lowest BCUT2D eigenvalue weighted by atomic mass is 9.93. The molecule has 0 spiro atoms. The van der Waals surface area contributed by atoms with Crippen molar-refractivity contribution in [3.63, 3.8) is 0 Å². The number of nitrogens with zero attached hydrogens (tertiary/aromatic N) is 4. The average molecular weight is 537 g/mol. The number of aliphatic hydroxyl groups excluding tert-OH is 2. The lowest BCUT2D eigenvalue weighted by molar-refractivity contribution is -0.0446. The zero-order valence-electron chi connectivity index (χ0n) is 17.5. The summed E-state index contributed by atoms with van der Waals surface area (Å²) in [5.74, 6) is 0.449. The van der Waals surface area contributed by atoms with Crippen molar-refractivity contribution < 1.29 is 10.2 Å². The molecule has 32 heavy (non-hydrogen) atoms. The minimum atomic E-state index is -1.19. The van der Waals surface area contributed by atoms with Gasteiger partial charge in [0.25, 0.3) is 0 Å². The van der Waals surface area contributed by atoms with E-state index in [1.165, 1.54) is 22.7 Å². The molecule has 3 heterocycles. The molecule has 0 bridgehead atoms. The Kier molecular flexibility index (Phi) is 6.65. The molecule has 0 saturated carbocycles. The molecule has 0 aliphatic heterocycles. The van der Waals surface area contributed by atoms with Gasteiger partial charge >= 0.3 is 0 Å². The Balaban J connectivity index is 1.55. The van der Waals surface area contributed by atoms with Crippen LogP contribution >= 0.6 is 39.3 Å². The van der Waals surface area contributed by atoms with Crippen LogP contribution in [0.5, 0.6) is 0 Å². The van der Waals surface area contributed by atoms with Crippen LogP contribution in [0.1, 0.15) is 25.1 Å². The van der Waals surface area contributed by atoms with Gasteiger partial charge in [0.2, 0.25) is 0 Å². The van der Waals surface area contributed by atoms with Gasteiger partial charge in [0.15, 0.2) is 6.23 Å². The largest absolute Gasteiger partial charge is 0.387 e. The van der Waals surface area contributed by atoms with E-state index in [1.54, 1.807) is 12.3 Å². The molecule has 168 valence electrons. The fourth-order valence-corrected chi connectivity index (χ4v) is 4.94. The van der Waals surface area contributed by atoms with E-state index in [4.69, 9.17) is 17.3 Å². The highest BCUT2D eigenvalue weighted by atomic mass is 79.9. The van der Waals surface area contributed by atoms with Crippen LogP contribution in [-0.2, 0) is 6.42 Å². The summed E-state index contributed by atoms with van der Waals surface area (Å²) < 4.78 is 1.69. The fourth-order valence-electron chi connectivity index (χ4n) is 3.74. The molecule has 10 heteroatoms. The van der Waals surface area contributed by atoms with Gasteiger partial charge in [-0.05, 0) is 65.7 Å². The molecule has 0 aliphatic rings. The van der Waals surface area contributed by atoms with Crippen LogP contribution in [0.2, 0.25) is 5.15 Å². The van der Waals surface area contributed by atoms with Crippen molar-refractivity contribution in [3.05, 3.63) is 58.0 Å². The van der Waals surface area contributed by atoms with E-state index in [-0.39, 0.29) is 0 Å². The summed E-state index contributed by atoms with van der Waals surface area (Å²) >= 11 is 11.0. The Morgan fingerprint density at radius 3 is 2.78 bits per heavy atom. The maximum absolute atomic E-state index is 11.2. The van der Waals surface area contributed by atoms with Crippen LogP contribution < -0.4 is 5.73 Å². The Morgan fingerprint density at radius 2 is 2.03 bits per heavy atom. The summed E-state index contributed by atoms with van der Waals surface area (Å²) in [7, 11) is 0. The number of aliphatic hydroxyl groups is 2. The summed E-state index contributed by atoms with van der Waals surface area (Å²) in [5.41, 5.74) is 8.31. The van der Waals surface area contributed by atoms with Gasteiger partial charge < -0.3 is 20.5 Å². The molecule has 3 aromatic heterocycles.